The fourth-order valence-corrected chi connectivity index (χ4v) is 3.10. The van der Waals surface area contributed by atoms with Crippen LogP contribution in [0, 0.1) is 11.3 Å². The Morgan fingerprint density at radius 1 is 1.10 bits per heavy atom. The number of nitrogens with zero attached hydrogens (tertiary/aromatic N) is 3. The maximum Gasteiger partial charge on any atom is 0.266 e. The molecule has 0 spiro atoms. The quantitative estimate of drug-likeness (QED) is 0.364. The number of alkyl halides is 1. The first-order valence-corrected chi connectivity index (χ1v) is 9.31. The zero-order valence-corrected chi connectivity index (χ0v) is 16.0. The van der Waals surface area contributed by atoms with Gasteiger partial charge in [-0.15, -0.1) is 11.6 Å². The third kappa shape index (κ3) is 4.49. The molecule has 0 bridgehead atoms. The second-order valence-electron chi connectivity index (χ2n) is 6.09. The van der Waals surface area contributed by atoms with E-state index in [4.69, 9.17) is 26.3 Å². The summed E-state index contributed by atoms with van der Waals surface area (Å²) in [5.74, 6) is 0.219. The van der Waals surface area contributed by atoms with Gasteiger partial charge in [-0.3, -0.25) is 9.59 Å². The van der Waals surface area contributed by atoms with E-state index in [0.29, 0.717) is 18.2 Å². The van der Waals surface area contributed by atoms with Crippen molar-refractivity contribution in [1.29, 1.82) is 5.26 Å². The van der Waals surface area contributed by atoms with Gasteiger partial charge in [0.25, 0.3) is 11.8 Å². The second-order valence-corrected chi connectivity index (χ2v) is 6.47. The van der Waals surface area contributed by atoms with Crippen molar-refractivity contribution in [2.45, 2.75) is 26.7 Å². The fourth-order valence-electron chi connectivity index (χ4n) is 2.91. The van der Waals surface area contributed by atoms with Crippen molar-refractivity contribution < 1.29 is 19.1 Å². The molecule has 0 saturated carbocycles. The van der Waals surface area contributed by atoms with Gasteiger partial charge in [0.1, 0.15) is 23.2 Å². The number of ether oxygens (including phenoxy) is 2. The minimum Gasteiger partial charge on any atom is -0.494 e. The van der Waals surface area contributed by atoms with Gasteiger partial charge in [0.2, 0.25) is 5.88 Å². The van der Waals surface area contributed by atoms with E-state index in [2.05, 4.69) is 4.98 Å². The summed E-state index contributed by atoms with van der Waals surface area (Å²) in [6.45, 7) is 0.509. The maximum absolute atomic E-state index is 12.9. The Hall–Kier alpha value is -3.11. The van der Waals surface area contributed by atoms with Crippen molar-refractivity contribution >= 4 is 29.1 Å². The van der Waals surface area contributed by atoms with E-state index in [-0.39, 0.29) is 35.8 Å². The largest absolute Gasteiger partial charge is 0.494 e. The molecule has 0 aliphatic carbocycles. The highest BCUT2D eigenvalue weighted by Gasteiger charge is 2.38. The molecule has 7 nitrogen and oxygen atoms in total. The number of rotatable bonds is 8. The number of hydrogen-bond acceptors (Lipinski definition) is 6. The first-order chi connectivity index (χ1) is 13.6. The molecule has 29 heavy (non-hydrogen) atoms. The number of halogens is 1. The SMILES string of the molecule is C.COc1nc(C#N)ccc1N1C(=O)c2ccc(OCCCCCCl)cc2C1=O. The lowest BCUT2D eigenvalue weighted by Gasteiger charge is -2.16. The minimum atomic E-state index is -0.489. The number of aromatic nitrogens is 1. The predicted octanol–water partition coefficient (Wildman–Crippen LogP) is 4.19. The average Bonchev–Trinajstić information content (AvgIpc) is 2.97. The van der Waals surface area contributed by atoms with Crippen LogP contribution in [-0.4, -0.2) is 36.4 Å². The smallest absolute Gasteiger partial charge is 0.266 e. The van der Waals surface area contributed by atoms with Crippen LogP contribution >= 0.6 is 11.6 Å². The Morgan fingerprint density at radius 2 is 1.86 bits per heavy atom. The van der Waals surface area contributed by atoms with Crippen LogP contribution in [0.1, 0.15) is 53.1 Å². The highest BCUT2D eigenvalue weighted by Crippen LogP contribution is 2.35. The summed E-state index contributed by atoms with van der Waals surface area (Å²) >= 11 is 5.65. The van der Waals surface area contributed by atoms with Gasteiger partial charge in [-0.2, -0.15) is 5.26 Å². The molecule has 2 aromatic rings. The normalized spacial score (nSPS) is 12.2. The van der Waals surface area contributed by atoms with Crippen molar-refractivity contribution in [1.82, 2.24) is 4.98 Å². The van der Waals surface area contributed by atoms with E-state index in [9.17, 15) is 9.59 Å². The van der Waals surface area contributed by atoms with Gasteiger partial charge >= 0.3 is 0 Å². The van der Waals surface area contributed by atoms with E-state index in [1.54, 1.807) is 18.2 Å². The Bertz CT molecular complexity index is 955. The first-order valence-electron chi connectivity index (χ1n) is 8.77. The van der Waals surface area contributed by atoms with Gasteiger partial charge < -0.3 is 9.47 Å². The summed E-state index contributed by atoms with van der Waals surface area (Å²) in [4.78, 5) is 30.7. The van der Waals surface area contributed by atoms with Gasteiger partial charge in [-0.25, -0.2) is 9.88 Å². The number of hydrogen-bond donors (Lipinski definition) is 0. The van der Waals surface area contributed by atoms with E-state index in [1.165, 1.54) is 19.2 Å². The van der Waals surface area contributed by atoms with Crippen molar-refractivity contribution in [3.8, 4) is 17.7 Å². The highest BCUT2D eigenvalue weighted by atomic mass is 35.5. The number of carbonyl (C=O) groups is 2. The zero-order chi connectivity index (χ0) is 20.1. The number of anilines is 1. The van der Waals surface area contributed by atoms with Gasteiger partial charge in [0, 0.05) is 5.88 Å². The van der Waals surface area contributed by atoms with Crippen LogP contribution in [0.3, 0.4) is 0 Å². The zero-order valence-electron chi connectivity index (χ0n) is 15.3. The molecule has 1 aromatic heterocycles. The molecule has 0 atom stereocenters. The Labute approximate surface area is 174 Å². The van der Waals surface area contributed by atoms with E-state index < -0.39 is 11.8 Å². The van der Waals surface area contributed by atoms with E-state index in [0.717, 1.165) is 24.2 Å². The van der Waals surface area contributed by atoms with Crippen LogP contribution in [0.5, 0.6) is 11.6 Å². The fraction of sp³-hybridized carbons (Fsp3) is 0.333. The van der Waals surface area contributed by atoms with E-state index in [1.807, 2.05) is 6.07 Å². The lowest BCUT2D eigenvalue weighted by Crippen LogP contribution is -2.30. The second kappa shape index (κ2) is 9.89. The van der Waals surface area contributed by atoms with Gasteiger partial charge in [-0.05, 0) is 49.6 Å². The summed E-state index contributed by atoms with van der Waals surface area (Å²) in [6, 6.07) is 9.61. The number of benzene rings is 1. The summed E-state index contributed by atoms with van der Waals surface area (Å²) in [5, 5.41) is 8.97. The Kier molecular flexibility index (Phi) is 7.57. The first kappa shape index (κ1) is 22.2. The molecule has 0 N–H and O–H groups in total. The lowest BCUT2D eigenvalue weighted by molar-refractivity contribution is 0.0924. The van der Waals surface area contributed by atoms with Crippen LogP contribution in [0.4, 0.5) is 5.69 Å². The van der Waals surface area contributed by atoms with Crippen molar-refractivity contribution in [2.75, 3.05) is 24.5 Å². The third-order valence-corrected chi connectivity index (χ3v) is 4.56. The van der Waals surface area contributed by atoms with Crippen LogP contribution in [0.2, 0.25) is 0 Å². The third-order valence-electron chi connectivity index (χ3n) is 4.29. The van der Waals surface area contributed by atoms with Gasteiger partial charge in [0.15, 0.2) is 0 Å². The van der Waals surface area contributed by atoms with Crippen LogP contribution in [0.15, 0.2) is 30.3 Å². The number of carbonyl (C=O) groups excluding carboxylic acids is 2. The van der Waals surface area contributed by atoms with Crippen molar-refractivity contribution in [2.24, 2.45) is 0 Å². The number of methoxy groups -OCH3 is 1. The summed E-state index contributed by atoms with van der Waals surface area (Å²) < 4.78 is 10.8. The number of unbranched alkanes of at least 4 members (excludes halogenated alkanes) is 2. The molecule has 2 amide bonds. The highest BCUT2D eigenvalue weighted by molar-refractivity contribution is 6.34. The Morgan fingerprint density at radius 3 is 2.55 bits per heavy atom. The summed E-state index contributed by atoms with van der Waals surface area (Å²) in [7, 11) is 1.36. The number of nitriles is 1. The van der Waals surface area contributed by atoms with Crippen molar-refractivity contribution in [3.05, 3.63) is 47.2 Å². The van der Waals surface area contributed by atoms with Crippen molar-refractivity contribution in [3.63, 3.8) is 0 Å². The number of fused-ring (bicyclic) bond motifs is 1. The molecule has 1 aliphatic rings. The molecular formula is C21H22ClN3O4. The van der Waals surface area contributed by atoms with Gasteiger partial charge in [0.05, 0.1) is 24.8 Å². The van der Waals surface area contributed by atoms with Crippen LogP contribution in [-0.2, 0) is 0 Å². The molecule has 0 saturated heterocycles. The molecule has 1 aromatic carbocycles. The monoisotopic (exact) mass is 415 g/mol. The average molecular weight is 416 g/mol. The number of amides is 2. The standard InChI is InChI=1S/C20H18ClN3O4.CH4/c1-27-18-17(8-5-13(12-22)23-18)24-19(25)15-7-6-14(11-16(15)20(24)26)28-10-4-2-3-9-21;/h5-8,11H,2-4,9-10H2,1H3;1H4. The molecule has 8 heteroatoms. The molecule has 152 valence electrons. The summed E-state index contributed by atoms with van der Waals surface area (Å²) in [5.41, 5.74) is 0.860. The molecular weight excluding hydrogens is 394 g/mol. The molecule has 1 aliphatic heterocycles. The van der Waals surface area contributed by atoms with Gasteiger partial charge in [-0.1, -0.05) is 7.43 Å². The molecule has 3 rings (SSSR count). The Balaban J connectivity index is 0.00000300. The minimum absolute atomic E-state index is 0. The molecule has 0 radical (unpaired) electrons. The maximum atomic E-state index is 12.9. The molecule has 2 heterocycles. The lowest BCUT2D eigenvalue weighted by atomic mass is 10.1. The number of pyridine rings is 1. The molecule has 0 unspecified atom stereocenters. The number of imide groups is 1. The van der Waals surface area contributed by atoms with E-state index >= 15 is 0 Å². The topological polar surface area (TPSA) is 92.5 Å². The molecule has 0 fully saturated rings. The van der Waals surface area contributed by atoms with Crippen LogP contribution in [0.25, 0.3) is 0 Å². The van der Waals surface area contributed by atoms with Crippen LogP contribution < -0.4 is 14.4 Å². The summed E-state index contributed by atoms with van der Waals surface area (Å²) in [6.07, 6.45) is 2.75. The predicted molar refractivity (Wildman–Crippen MR) is 110 cm³/mol.